The van der Waals surface area contributed by atoms with Crippen LogP contribution in [0.3, 0.4) is 0 Å². The van der Waals surface area contributed by atoms with Crippen molar-refractivity contribution < 1.29 is 0 Å². The molecule has 2 rings (SSSR count). The zero-order valence-corrected chi connectivity index (χ0v) is 10.5. The van der Waals surface area contributed by atoms with Gasteiger partial charge in [0, 0.05) is 19.1 Å². The Bertz CT molecular complexity index is 397. The standard InChI is InChI=1S/C14H19N3/c1-12-8-14(10-15,11-17(12)2)16-9-13-6-4-3-5-7-13/h3-7,12,16H,8-9,11H2,1-2H3. The summed E-state index contributed by atoms with van der Waals surface area (Å²) < 4.78 is 0. The van der Waals surface area contributed by atoms with Gasteiger partial charge in [-0.15, -0.1) is 0 Å². The number of hydrogen-bond donors (Lipinski definition) is 1. The van der Waals surface area contributed by atoms with Gasteiger partial charge in [-0.2, -0.15) is 5.26 Å². The molecule has 17 heavy (non-hydrogen) atoms. The van der Waals surface area contributed by atoms with Crippen LogP contribution in [0.25, 0.3) is 0 Å². The number of rotatable bonds is 3. The maximum Gasteiger partial charge on any atom is 0.121 e. The fraction of sp³-hybridized carbons (Fsp3) is 0.500. The summed E-state index contributed by atoms with van der Waals surface area (Å²) in [5, 5.41) is 12.8. The molecule has 0 amide bonds. The molecule has 1 aromatic rings. The van der Waals surface area contributed by atoms with Crippen LogP contribution in [0, 0.1) is 11.3 Å². The summed E-state index contributed by atoms with van der Waals surface area (Å²) >= 11 is 0. The average Bonchev–Trinajstić information content (AvgIpc) is 2.65. The Hall–Kier alpha value is -1.37. The largest absolute Gasteiger partial charge is 0.301 e. The Morgan fingerprint density at radius 3 is 2.71 bits per heavy atom. The zero-order valence-electron chi connectivity index (χ0n) is 10.5. The normalized spacial score (nSPS) is 29.1. The third-order valence-corrected chi connectivity index (χ3v) is 3.60. The zero-order chi connectivity index (χ0) is 12.3. The van der Waals surface area contributed by atoms with Gasteiger partial charge in [0.25, 0.3) is 0 Å². The fourth-order valence-electron chi connectivity index (χ4n) is 2.42. The van der Waals surface area contributed by atoms with E-state index in [1.165, 1.54) is 5.56 Å². The summed E-state index contributed by atoms with van der Waals surface area (Å²) in [5.41, 5.74) is 0.841. The van der Waals surface area contributed by atoms with Crippen molar-refractivity contribution in [1.29, 1.82) is 5.26 Å². The van der Waals surface area contributed by atoms with Crippen molar-refractivity contribution in [2.75, 3.05) is 13.6 Å². The lowest BCUT2D eigenvalue weighted by atomic mass is 9.98. The minimum Gasteiger partial charge on any atom is -0.301 e. The molecule has 0 aliphatic carbocycles. The van der Waals surface area contributed by atoms with Crippen molar-refractivity contribution in [2.24, 2.45) is 0 Å². The molecule has 1 N–H and O–H groups in total. The molecular formula is C14H19N3. The van der Waals surface area contributed by atoms with Crippen LogP contribution >= 0.6 is 0 Å². The first-order valence-corrected chi connectivity index (χ1v) is 6.06. The van der Waals surface area contributed by atoms with Gasteiger partial charge in [-0.3, -0.25) is 5.32 Å². The summed E-state index contributed by atoms with van der Waals surface area (Å²) in [7, 11) is 2.08. The summed E-state index contributed by atoms with van der Waals surface area (Å²) in [6, 6.07) is 13.2. The van der Waals surface area contributed by atoms with Crippen molar-refractivity contribution >= 4 is 0 Å². The first-order valence-electron chi connectivity index (χ1n) is 6.06. The maximum atomic E-state index is 9.39. The number of nitriles is 1. The number of benzene rings is 1. The molecule has 90 valence electrons. The van der Waals surface area contributed by atoms with Crippen LogP contribution in [0.15, 0.2) is 30.3 Å². The van der Waals surface area contributed by atoms with Crippen LogP contribution in [0.5, 0.6) is 0 Å². The highest BCUT2D eigenvalue weighted by Crippen LogP contribution is 2.25. The lowest BCUT2D eigenvalue weighted by Crippen LogP contribution is -2.45. The number of hydrogen-bond acceptors (Lipinski definition) is 3. The molecular weight excluding hydrogens is 210 g/mol. The van der Waals surface area contributed by atoms with E-state index in [-0.39, 0.29) is 5.54 Å². The quantitative estimate of drug-likeness (QED) is 0.858. The molecule has 1 fully saturated rings. The first kappa shape index (κ1) is 12.1. The Morgan fingerprint density at radius 2 is 2.18 bits per heavy atom. The molecule has 0 aromatic heterocycles. The molecule has 3 nitrogen and oxygen atoms in total. The van der Waals surface area contributed by atoms with Gasteiger partial charge in [0.15, 0.2) is 0 Å². The van der Waals surface area contributed by atoms with Crippen molar-refractivity contribution in [3.63, 3.8) is 0 Å². The molecule has 0 saturated carbocycles. The first-order chi connectivity index (χ1) is 8.15. The van der Waals surface area contributed by atoms with Crippen molar-refractivity contribution in [1.82, 2.24) is 10.2 Å². The number of nitrogens with zero attached hydrogens (tertiary/aromatic N) is 2. The van der Waals surface area contributed by atoms with Gasteiger partial charge in [-0.05, 0) is 26.0 Å². The molecule has 2 unspecified atom stereocenters. The second kappa shape index (κ2) is 4.87. The third kappa shape index (κ3) is 2.66. The highest BCUT2D eigenvalue weighted by molar-refractivity contribution is 5.18. The van der Waals surface area contributed by atoms with E-state index in [0.29, 0.717) is 6.04 Å². The van der Waals surface area contributed by atoms with E-state index in [2.05, 4.69) is 42.4 Å². The van der Waals surface area contributed by atoms with E-state index < -0.39 is 0 Å². The van der Waals surface area contributed by atoms with Gasteiger partial charge in [0.1, 0.15) is 5.54 Å². The molecule has 1 saturated heterocycles. The molecule has 0 bridgehead atoms. The van der Waals surface area contributed by atoms with E-state index in [1.54, 1.807) is 0 Å². The highest BCUT2D eigenvalue weighted by atomic mass is 15.2. The molecule has 0 radical (unpaired) electrons. The Morgan fingerprint density at radius 1 is 1.47 bits per heavy atom. The van der Waals surface area contributed by atoms with Gasteiger partial charge < -0.3 is 4.90 Å². The number of nitrogens with one attached hydrogen (secondary N) is 1. The Labute approximate surface area is 103 Å². The molecule has 2 atom stereocenters. The summed E-state index contributed by atoms with van der Waals surface area (Å²) in [5.74, 6) is 0. The average molecular weight is 229 g/mol. The van der Waals surface area contributed by atoms with Crippen LogP contribution in [0.1, 0.15) is 18.9 Å². The number of likely N-dealkylation sites (N-methyl/N-ethyl adjacent to an activating group) is 1. The summed E-state index contributed by atoms with van der Waals surface area (Å²) in [6.07, 6.45) is 0.896. The molecule has 1 aliphatic heterocycles. The predicted molar refractivity (Wildman–Crippen MR) is 68.3 cm³/mol. The smallest absolute Gasteiger partial charge is 0.121 e. The van der Waals surface area contributed by atoms with E-state index in [9.17, 15) is 5.26 Å². The van der Waals surface area contributed by atoms with Crippen molar-refractivity contribution in [2.45, 2.75) is 31.5 Å². The lowest BCUT2D eigenvalue weighted by molar-refractivity contribution is 0.318. The highest BCUT2D eigenvalue weighted by Gasteiger charge is 2.40. The Balaban J connectivity index is 2.00. The van der Waals surface area contributed by atoms with Gasteiger partial charge in [-0.25, -0.2) is 0 Å². The fourth-order valence-corrected chi connectivity index (χ4v) is 2.42. The predicted octanol–water partition coefficient (Wildman–Crippen LogP) is 1.76. The minimum atomic E-state index is -0.385. The topological polar surface area (TPSA) is 39.1 Å². The van der Waals surface area contributed by atoms with Gasteiger partial charge in [-0.1, -0.05) is 30.3 Å². The molecule has 0 spiro atoms. The molecule has 3 heteroatoms. The lowest BCUT2D eigenvalue weighted by Gasteiger charge is -2.22. The van der Waals surface area contributed by atoms with Crippen LogP contribution in [-0.4, -0.2) is 30.1 Å². The second-order valence-corrected chi connectivity index (χ2v) is 5.00. The van der Waals surface area contributed by atoms with Crippen molar-refractivity contribution in [3.05, 3.63) is 35.9 Å². The minimum absolute atomic E-state index is 0.385. The molecule has 1 aliphatic rings. The van der Waals surface area contributed by atoms with E-state index >= 15 is 0 Å². The van der Waals surface area contributed by atoms with E-state index in [4.69, 9.17) is 0 Å². The second-order valence-electron chi connectivity index (χ2n) is 5.00. The van der Waals surface area contributed by atoms with E-state index in [1.807, 2.05) is 18.2 Å². The monoisotopic (exact) mass is 229 g/mol. The van der Waals surface area contributed by atoms with Gasteiger partial charge in [0.05, 0.1) is 6.07 Å². The van der Waals surface area contributed by atoms with Crippen LogP contribution < -0.4 is 5.32 Å². The molecule has 1 aromatic carbocycles. The van der Waals surface area contributed by atoms with Gasteiger partial charge in [0.2, 0.25) is 0 Å². The van der Waals surface area contributed by atoms with Gasteiger partial charge >= 0.3 is 0 Å². The Kier molecular flexibility index (Phi) is 3.46. The summed E-state index contributed by atoms with van der Waals surface area (Å²) in [4.78, 5) is 2.24. The molecule has 1 heterocycles. The summed E-state index contributed by atoms with van der Waals surface area (Å²) in [6.45, 7) is 3.73. The maximum absolute atomic E-state index is 9.39. The van der Waals surface area contributed by atoms with Crippen LogP contribution in [0.2, 0.25) is 0 Å². The van der Waals surface area contributed by atoms with Crippen molar-refractivity contribution in [3.8, 4) is 6.07 Å². The third-order valence-electron chi connectivity index (χ3n) is 3.60. The van der Waals surface area contributed by atoms with Crippen LogP contribution in [-0.2, 0) is 6.54 Å². The number of likely N-dealkylation sites (tertiary alicyclic amines) is 1. The van der Waals surface area contributed by atoms with E-state index in [0.717, 1.165) is 19.5 Å². The van der Waals surface area contributed by atoms with Crippen LogP contribution in [0.4, 0.5) is 0 Å². The SMILES string of the molecule is CC1CC(C#N)(NCc2ccccc2)CN1C.